The van der Waals surface area contributed by atoms with Gasteiger partial charge in [-0.15, -0.1) is 0 Å². The Balaban J connectivity index is 1.39. The van der Waals surface area contributed by atoms with Gasteiger partial charge in [0.2, 0.25) is 0 Å². The van der Waals surface area contributed by atoms with Crippen LogP contribution in [0.15, 0.2) is 73.4 Å². The summed E-state index contributed by atoms with van der Waals surface area (Å²) in [5.41, 5.74) is 3.24. The number of likely N-dealkylation sites (tertiary alicyclic amines) is 1. The van der Waals surface area contributed by atoms with Gasteiger partial charge in [-0.25, -0.2) is 4.98 Å². The highest BCUT2D eigenvalue weighted by Gasteiger charge is 2.32. The van der Waals surface area contributed by atoms with Crippen LogP contribution in [-0.2, 0) is 0 Å². The van der Waals surface area contributed by atoms with Gasteiger partial charge in [-0.05, 0) is 43.2 Å². The lowest BCUT2D eigenvalue weighted by Crippen LogP contribution is -2.31. The number of nitrogens with zero attached hydrogens (tertiary/aromatic N) is 5. The Morgan fingerprint density at radius 1 is 0.967 bits per heavy atom. The standard InChI is InChI=1S/C23H20N6O/c30-23(18-4-1-6-19-17(18)5-2-10-25-19)29-13-3-7-21(29)20-9-8-16(14-27-20)28-22-15-24-11-12-26-22/h1-2,4-6,8-12,14-15,21H,3,7,13H2,(H,26,28)/t21-/m1/s1. The molecule has 1 N–H and O–H groups in total. The molecule has 0 unspecified atom stereocenters. The maximum atomic E-state index is 13.4. The number of rotatable bonds is 4. The molecule has 1 atom stereocenters. The van der Waals surface area contributed by atoms with E-state index in [2.05, 4.69) is 25.3 Å². The van der Waals surface area contributed by atoms with Crippen LogP contribution in [0.1, 0.15) is 34.9 Å². The number of amides is 1. The number of nitrogens with one attached hydrogen (secondary N) is 1. The number of benzene rings is 1. The van der Waals surface area contributed by atoms with Crippen LogP contribution in [0.5, 0.6) is 0 Å². The van der Waals surface area contributed by atoms with Crippen molar-refractivity contribution in [3.63, 3.8) is 0 Å². The van der Waals surface area contributed by atoms with Gasteiger partial charge >= 0.3 is 0 Å². The monoisotopic (exact) mass is 396 g/mol. The van der Waals surface area contributed by atoms with Crippen molar-refractivity contribution in [2.45, 2.75) is 18.9 Å². The Bertz CT molecular complexity index is 1170. The number of aromatic nitrogens is 4. The molecule has 1 aromatic carbocycles. The van der Waals surface area contributed by atoms with Gasteiger partial charge in [-0.2, -0.15) is 0 Å². The topological polar surface area (TPSA) is 83.9 Å². The number of hydrogen-bond donors (Lipinski definition) is 1. The zero-order chi connectivity index (χ0) is 20.3. The number of fused-ring (bicyclic) bond motifs is 1. The molecule has 0 saturated carbocycles. The summed E-state index contributed by atoms with van der Waals surface area (Å²) in [5.74, 6) is 0.689. The number of carbonyl (C=O) groups excluding carboxylic acids is 1. The summed E-state index contributed by atoms with van der Waals surface area (Å²) in [6.45, 7) is 0.724. The van der Waals surface area contributed by atoms with E-state index in [4.69, 9.17) is 0 Å². The first-order chi connectivity index (χ1) is 14.8. The summed E-state index contributed by atoms with van der Waals surface area (Å²) in [6, 6.07) is 13.4. The van der Waals surface area contributed by atoms with Gasteiger partial charge < -0.3 is 10.2 Å². The van der Waals surface area contributed by atoms with Crippen molar-refractivity contribution < 1.29 is 4.79 Å². The Morgan fingerprint density at radius 2 is 1.93 bits per heavy atom. The highest BCUT2D eigenvalue weighted by atomic mass is 16.2. The third-order valence-electron chi connectivity index (χ3n) is 5.35. The van der Waals surface area contributed by atoms with Crippen molar-refractivity contribution in [1.29, 1.82) is 0 Å². The van der Waals surface area contributed by atoms with E-state index in [1.54, 1.807) is 31.0 Å². The highest BCUT2D eigenvalue weighted by molar-refractivity contribution is 6.06. The second kappa shape index (κ2) is 7.87. The summed E-state index contributed by atoms with van der Waals surface area (Å²) < 4.78 is 0. The summed E-state index contributed by atoms with van der Waals surface area (Å²) in [5, 5.41) is 4.06. The van der Waals surface area contributed by atoms with E-state index in [1.807, 2.05) is 47.4 Å². The van der Waals surface area contributed by atoms with E-state index < -0.39 is 0 Å². The number of carbonyl (C=O) groups is 1. The number of anilines is 2. The summed E-state index contributed by atoms with van der Waals surface area (Å²) >= 11 is 0. The normalized spacial score (nSPS) is 16.0. The maximum Gasteiger partial charge on any atom is 0.255 e. The molecule has 7 heteroatoms. The van der Waals surface area contributed by atoms with Crippen LogP contribution >= 0.6 is 0 Å². The van der Waals surface area contributed by atoms with Crippen molar-refractivity contribution in [3.05, 3.63) is 84.7 Å². The Labute approximate surface area is 173 Å². The van der Waals surface area contributed by atoms with Crippen LogP contribution in [0.2, 0.25) is 0 Å². The molecule has 7 nitrogen and oxygen atoms in total. The largest absolute Gasteiger partial charge is 0.338 e. The van der Waals surface area contributed by atoms with E-state index in [-0.39, 0.29) is 11.9 Å². The summed E-state index contributed by atoms with van der Waals surface area (Å²) in [7, 11) is 0. The molecule has 4 heterocycles. The van der Waals surface area contributed by atoms with Gasteiger partial charge in [0.05, 0.1) is 35.3 Å². The summed E-state index contributed by atoms with van der Waals surface area (Å²) in [6.07, 6.45) is 10.3. The Hall–Kier alpha value is -3.87. The molecule has 1 aliphatic rings. The fourth-order valence-electron chi connectivity index (χ4n) is 3.95. The lowest BCUT2D eigenvalue weighted by Gasteiger charge is -2.25. The molecule has 0 spiro atoms. The van der Waals surface area contributed by atoms with Crippen LogP contribution in [-0.4, -0.2) is 37.3 Å². The quantitative estimate of drug-likeness (QED) is 0.558. The van der Waals surface area contributed by atoms with Gasteiger partial charge in [-0.1, -0.05) is 12.1 Å². The molecule has 30 heavy (non-hydrogen) atoms. The average Bonchev–Trinajstić information content (AvgIpc) is 3.29. The predicted octanol–water partition coefficient (Wildman–Crippen LogP) is 4.14. The van der Waals surface area contributed by atoms with E-state index in [0.29, 0.717) is 11.4 Å². The smallest absolute Gasteiger partial charge is 0.255 e. The fraction of sp³-hybridized carbons (Fsp3) is 0.174. The zero-order valence-corrected chi connectivity index (χ0v) is 16.3. The molecule has 0 radical (unpaired) electrons. The maximum absolute atomic E-state index is 13.4. The molecule has 5 rings (SSSR count). The van der Waals surface area contributed by atoms with E-state index in [9.17, 15) is 4.79 Å². The first-order valence-corrected chi connectivity index (χ1v) is 9.93. The summed E-state index contributed by atoms with van der Waals surface area (Å²) in [4.78, 5) is 32.6. The molecular weight excluding hydrogens is 376 g/mol. The second-order valence-electron chi connectivity index (χ2n) is 7.22. The minimum atomic E-state index is -0.0324. The molecule has 0 bridgehead atoms. The lowest BCUT2D eigenvalue weighted by atomic mass is 10.1. The van der Waals surface area contributed by atoms with Crippen molar-refractivity contribution in [2.24, 2.45) is 0 Å². The van der Waals surface area contributed by atoms with Crippen LogP contribution in [0.25, 0.3) is 10.9 Å². The first-order valence-electron chi connectivity index (χ1n) is 9.93. The van der Waals surface area contributed by atoms with Gasteiger partial charge in [0.25, 0.3) is 5.91 Å². The molecule has 1 amide bonds. The second-order valence-corrected chi connectivity index (χ2v) is 7.22. The van der Waals surface area contributed by atoms with Crippen LogP contribution in [0.3, 0.4) is 0 Å². The van der Waals surface area contributed by atoms with Crippen molar-refractivity contribution >= 4 is 28.3 Å². The van der Waals surface area contributed by atoms with Gasteiger partial charge in [-0.3, -0.25) is 19.7 Å². The van der Waals surface area contributed by atoms with Crippen molar-refractivity contribution in [2.75, 3.05) is 11.9 Å². The molecule has 148 valence electrons. The average molecular weight is 396 g/mol. The van der Waals surface area contributed by atoms with Crippen LogP contribution in [0, 0.1) is 0 Å². The van der Waals surface area contributed by atoms with Crippen LogP contribution in [0.4, 0.5) is 11.5 Å². The molecule has 1 saturated heterocycles. The molecular formula is C23H20N6O. The van der Waals surface area contributed by atoms with Crippen molar-refractivity contribution in [3.8, 4) is 0 Å². The molecule has 0 aliphatic carbocycles. The Kier molecular flexibility index (Phi) is 4.77. The van der Waals surface area contributed by atoms with Gasteiger partial charge in [0.15, 0.2) is 0 Å². The SMILES string of the molecule is O=C(c1cccc2ncccc12)N1CCC[C@@H]1c1ccc(Nc2cnccn2)cn1. The molecule has 4 aromatic rings. The molecule has 1 fully saturated rings. The first kappa shape index (κ1) is 18.2. The van der Waals surface area contributed by atoms with E-state index >= 15 is 0 Å². The third kappa shape index (κ3) is 3.45. The number of hydrogen-bond acceptors (Lipinski definition) is 6. The minimum absolute atomic E-state index is 0.0275. The highest BCUT2D eigenvalue weighted by Crippen LogP contribution is 2.33. The number of pyridine rings is 2. The van der Waals surface area contributed by atoms with Crippen molar-refractivity contribution in [1.82, 2.24) is 24.8 Å². The van der Waals surface area contributed by atoms with Gasteiger partial charge in [0, 0.05) is 36.1 Å². The predicted molar refractivity (Wildman–Crippen MR) is 114 cm³/mol. The van der Waals surface area contributed by atoms with Crippen LogP contribution < -0.4 is 5.32 Å². The van der Waals surface area contributed by atoms with E-state index in [0.717, 1.165) is 41.7 Å². The lowest BCUT2D eigenvalue weighted by molar-refractivity contribution is 0.0735. The fourth-order valence-corrected chi connectivity index (χ4v) is 3.95. The Morgan fingerprint density at radius 3 is 2.77 bits per heavy atom. The zero-order valence-electron chi connectivity index (χ0n) is 16.3. The van der Waals surface area contributed by atoms with E-state index in [1.165, 1.54) is 0 Å². The third-order valence-corrected chi connectivity index (χ3v) is 5.35. The minimum Gasteiger partial charge on any atom is -0.338 e. The molecule has 3 aromatic heterocycles. The molecule has 1 aliphatic heterocycles. The van der Waals surface area contributed by atoms with Gasteiger partial charge in [0.1, 0.15) is 5.82 Å².